The van der Waals surface area contributed by atoms with Crippen molar-refractivity contribution in [3.8, 4) is 0 Å². The van der Waals surface area contributed by atoms with Crippen LogP contribution < -0.4 is 16.4 Å². The molecule has 1 unspecified atom stereocenters. The molecule has 2 atom stereocenters. The molecule has 1 saturated heterocycles. The first-order valence-electron chi connectivity index (χ1n) is 10.1. The lowest BCUT2D eigenvalue weighted by atomic mass is 10.0. The number of benzene rings is 1. The van der Waals surface area contributed by atoms with E-state index in [9.17, 15) is 24.0 Å². The topological polar surface area (TPSA) is 148 Å². The van der Waals surface area contributed by atoms with E-state index in [0.29, 0.717) is 6.42 Å². The molecule has 4 N–H and O–H groups in total. The molecule has 0 saturated carbocycles. The van der Waals surface area contributed by atoms with Crippen LogP contribution in [0.3, 0.4) is 0 Å². The SMILES string of the molecule is CC(C)C[C@@H](NC(=O)C1CCC(=O)N1C(=O)OCc1ccccc1)C(=O)NCC(N)=O. The number of amides is 5. The molecular weight excluding hydrogens is 404 g/mol. The van der Waals surface area contributed by atoms with Crippen molar-refractivity contribution in [1.82, 2.24) is 15.5 Å². The minimum Gasteiger partial charge on any atom is -0.444 e. The predicted molar refractivity (Wildman–Crippen MR) is 110 cm³/mol. The molecular formula is C21H28N4O6. The molecule has 1 aromatic carbocycles. The Balaban J connectivity index is 2.04. The molecule has 0 aliphatic carbocycles. The first-order chi connectivity index (χ1) is 14.7. The summed E-state index contributed by atoms with van der Waals surface area (Å²) in [5, 5.41) is 4.95. The number of imide groups is 1. The van der Waals surface area contributed by atoms with Gasteiger partial charge in [0.15, 0.2) is 0 Å². The van der Waals surface area contributed by atoms with Crippen molar-refractivity contribution in [2.45, 2.75) is 51.8 Å². The molecule has 0 aromatic heterocycles. The number of nitrogens with two attached hydrogens (primary N) is 1. The standard InChI is InChI=1S/C21H28N4O6/c1-13(2)10-15(19(28)23-11-17(22)26)24-20(29)16-8-9-18(27)25(16)21(30)31-12-14-6-4-3-5-7-14/h3-7,13,15-16H,8-12H2,1-2H3,(H2,22,26)(H,23,28)(H,24,29)/t15-,16?/m1/s1. The highest BCUT2D eigenvalue weighted by atomic mass is 16.6. The maximum absolute atomic E-state index is 12.8. The van der Waals surface area contributed by atoms with E-state index in [2.05, 4.69) is 10.6 Å². The molecule has 1 aliphatic rings. The molecule has 0 spiro atoms. The Morgan fingerprint density at radius 3 is 2.48 bits per heavy atom. The molecule has 31 heavy (non-hydrogen) atoms. The van der Waals surface area contributed by atoms with Crippen molar-refractivity contribution in [2.24, 2.45) is 11.7 Å². The molecule has 5 amide bonds. The van der Waals surface area contributed by atoms with Crippen molar-refractivity contribution in [2.75, 3.05) is 6.54 Å². The molecule has 1 aromatic rings. The second-order valence-electron chi connectivity index (χ2n) is 7.73. The number of primary amides is 1. The van der Waals surface area contributed by atoms with Gasteiger partial charge < -0.3 is 21.1 Å². The predicted octanol–water partition coefficient (Wildman–Crippen LogP) is 0.447. The fraction of sp³-hybridized carbons (Fsp3) is 0.476. The van der Waals surface area contributed by atoms with Crippen molar-refractivity contribution < 1.29 is 28.7 Å². The quantitative estimate of drug-likeness (QED) is 0.516. The lowest BCUT2D eigenvalue weighted by molar-refractivity contribution is -0.135. The Labute approximate surface area is 180 Å². The molecule has 1 heterocycles. The Bertz CT molecular complexity index is 826. The minimum atomic E-state index is -1.07. The molecule has 0 bridgehead atoms. The highest BCUT2D eigenvalue weighted by molar-refractivity contribution is 6.01. The summed E-state index contributed by atoms with van der Waals surface area (Å²) < 4.78 is 5.20. The molecule has 10 nitrogen and oxygen atoms in total. The summed E-state index contributed by atoms with van der Waals surface area (Å²) in [6, 6.07) is 6.92. The zero-order valence-electron chi connectivity index (χ0n) is 17.6. The first kappa shape index (κ1) is 23.8. The molecule has 0 radical (unpaired) electrons. The van der Waals surface area contributed by atoms with Crippen LogP contribution in [0.25, 0.3) is 0 Å². The number of carbonyl (C=O) groups is 5. The summed E-state index contributed by atoms with van der Waals surface area (Å²) in [7, 11) is 0. The van der Waals surface area contributed by atoms with Crippen LogP contribution in [-0.2, 0) is 30.5 Å². The third-order valence-electron chi connectivity index (χ3n) is 4.69. The fourth-order valence-electron chi connectivity index (χ4n) is 3.22. The zero-order valence-corrected chi connectivity index (χ0v) is 17.6. The largest absolute Gasteiger partial charge is 0.444 e. The minimum absolute atomic E-state index is 0.0151. The number of rotatable bonds is 9. The first-order valence-corrected chi connectivity index (χ1v) is 10.1. The van der Waals surface area contributed by atoms with Gasteiger partial charge >= 0.3 is 6.09 Å². The lowest BCUT2D eigenvalue weighted by Gasteiger charge is -2.25. The van der Waals surface area contributed by atoms with E-state index in [1.54, 1.807) is 24.3 Å². The highest BCUT2D eigenvalue weighted by Gasteiger charge is 2.42. The molecule has 10 heteroatoms. The van der Waals surface area contributed by atoms with Crippen LogP contribution in [0, 0.1) is 5.92 Å². The number of nitrogens with one attached hydrogen (secondary N) is 2. The van der Waals surface area contributed by atoms with Crippen molar-refractivity contribution >= 4 is 29.7 Å². The van der Waals surface area contributed by atoms with Crippen LogP contribution >= 0.6 is 0 Å². The number of hydrogen-bond acceptors (Lipinski definition) is 6. The van der Waals surface area contributed by atoms with Crippen molar-refractivity contribution in [1.29, 1.82) is 0 Å². The van der Waals surface area contributed by atoms with Gasteiger partial charge in [-0.1, -0.05) is 44.2 Å². The van der Waals surface area contributed by atoms with Gasteiger partial charge in [0.1, 0.15) is 18.7 Å². The second kappa shape index (κ2) is 11.1. The van der Waals surface area contributed by atoms with Gasteiger partial charge in [-0.2, -0.15) is 0 Å². The van der Waals surface area contributed by atoms with Gasteiger partial charge in [-0.3, -0.25) is 19.2 Å². The summed E-state index contributed by atoms with van der Waals surface area (Å²) in [4.78, 5) is 61.6. The van der Waals surface area contributed by atoms with Crippen LogP contribution in [-0.4, -0.2) is 53.3 Å². The Morgan fingerprint density at radius 1 is 1.19 bits per heavy atom. The monoisotopic (exact) mass is 432 g/mol. The molecule has 2 rings (SSSR count). The van der Waals surface area contributed by atoms with Gasteiger partial charge in [-0.25, -0.2) is 9.69 Å². The van der Waals surface area contributed by atoms with Crippen LogP contribution in [0.2, 0.25) is 0 Å². The third-order valence-corrected chi connectivity index (χ3v) is 4.69. The van der Waals surface area contributed by atoms with Crippen LogP contribution in [0.1, 0.15) is 38.7 Å². The van der Waals surface area contributed by atoms with Crippen LogP contribution in [0.15, 0.2) is 30.3 Å². The Kier molecular flexibility index (Phi) is 8.53. The van der Waals surface area contributed by atoms with E-state index in [-0.39, 0.29) is 31.9 Å². The van der Waals surface area contributed by atoms with Gasteiger partial charge in [0.2, 0.25) is 23.6 Å². The Hall–Kier alpha value is -3.43. The summed E-state index contributed by atoms with van der Waals surface area (Å²) in [5.74, 6) is -2.37. The average Bonchev–Trinajstić information content (AvgIpc) is 3.11. The van der Waals surface area contributed by atoms with Crippen molar-refractivity contribution in [3.05, 3.63) is 35.9 Å². The van der Waals surface area contributed by atoms with Crippen LogP contribution in [0.4, 0.5) is 4.79 Å². The fourth-order valence-corrected chi connectivity index (χ4v) is 3.22. The molecule has 168 valence electrons. The molecule has 1 fully saturated rings. The van der Waals surface area contributed by atoms with Gasteiger partial charge in [-0.05, 0) is 24.3 Å². The van der Waals surface area contributed by atoms with Gasteiger partial charge in [-0.15, -0.1) is 0 Å². The number of nitrogens with zero attached hydrogens (tertiary/aromatic N) is 1. The van der Waals surface area contributed by atoms with E-state index >= 15 is 0 Å². The number of hydrogen-bond donors (Lipinski definition) is 3. The Morgan fingerprint density at radius 2 is 1.87 bits per heavy atom. The maximum atomic E-state index is 12.8. The van der Waals surface area contributed by atoms with E-state index in [0.717, 1.165) is 10.5 Å². The molecule has 1 aliphatic heterocycles. The van der Waals surface area contributed by atoms with Gasteiger partial charge in [0, 0.05) is 6.42 Å². The van der Waals surface area contributed by atoms with E-state index in [4.69, 9.17) is 10.5 Å². The summed E-state index contributed by atoms with van der Waals surface area (Å²) in [6.45, 7) is 3.34. The van der Waals surface area contributed by atoms with E-state index in [1.807, 2.05) is 19.9 Å². The third kappa shape index (κ3) is 7.09. The van der Waals surface area contributed by atoms with Gasteiger partial charge in [0.25, 0.3) is 0 Å². The summed E-state index contributed by atoms with van der Waals surface area (Å²) in [6.07, 6.45) is -0.468. The van der Waals surface area contributed by atoms with Gasteiger partial charge in [0.05, 0.1) is 6.54 Å². The maximum Gasteiger partial charge on any atom is 0.417 e. The summed E-state index contributed by atoms with van der Waals surface area (Å²) in [5.41, 5.74) is 5.79. The lowest BCUT2D eigenvalue weighted by Crippen LogP contribution is -2.54. The number of likely N-dealkylation sites (tertiary alicyclic amines) is 1. The normalized spacial score (nSPS) is 16.7. The second-order valence-corrected chi connectivity index (χ2v) is 7.73. The summed E-state index contributed by atoms with van der Waals surface area (Å²) >= 11 is 0. The number of carbonyl (C=O) groups excluding carboxylic acids is 5. The van der Waals surface area contributed by atoms with Crippen molar-refractivity contribution in [3.63, 3.8) is 0 Å². The smallest absolute Gasteiger partial charge is 0.417 e. The van der Waals surface area contributed by atoms with E-state index in [1.165, 1.54) is 0 Å². The highest BCUT2D eigenvalue weighted by Crippen LogP contribution is 2.21. The van der Waals surface area contributed by atoms with Crippen LogP contribution in [0.5, 0.6) is 0 Å². The average molecular weight is 432 g/mol. The van der Waals surface area contributed by atoms with E-state index < -0.39 is 41.8 Å². The number of ether oxygens (including phenoxy) is 1. The zero-order chi connectivity index (χ0) is 23.0.